The second-order valence-corrected chi connectivity index (χ2v) is 4.74. The van der Waals surface area contributed by atoms with Gasteiger partial charge in [0.15, 0.2) is 0 Å². The molecule has 1 atom stereocenters. The van der Waals surface area contributed by atoms with Crippen molar-refractivity contribution in [1.82, 2.24) is 4.90 Å². The van der Waals surface area contributed by atoms with Crippen molar-refractivity contribution >= 4 is 6.08 Å². The second-order valence-electron chi connectivity index (χ2n) is 4.74. The van der Waals surface area contributed by atoms with Gasteiger partial charge < -0.3 is 4.90 Å². The Bertz CT molecular complexity index is 470. The second kappa shape index (κ2) is 2.75. The van der Waals surface area contributed by atoms with Crippen LogP contribution in [0.15, 0.2) is 42.2 Å². The molecule has 0 spiro atoms. The van der Waals surface area contributed by atoms with Crippen LogP contribution >= 0.6 is 0 Å². The lowest BCUT2D eigenvalue weighted by atomic mass is 9.71. The van der Waals surface area contributed by atoms with E-state index < -0.39 is 0 Å². The Labute approximate surface area is 90.7 Å². The fraction of sp³-hybridized carbons (Fsp3) is 0.286. The Balaban J connectivity index is 2.28. The topological polar surface area (TPSA) is 3.24 Å². The zero-order chi connectivity index (χ0) is 10.5. The van der Waals surface area contributed by atoms with E-state index in [1.807, 2.05) is 0 Å². The number of hydrogen-bond donors (Lipinski definition) is 0. The Morgan fingerprint density at radius 2 is 2.07 bits per heavy atom. The van der Waals surface area contributed by atoms with E-state index >= 15 is 0 Å². The molecule has 0 fully saturated rings. The molecule has 15 heavy (non-hydrogen) atoms. The van der Waals surface area contributed by atoms with Crippen LogP contribution in [0.5, 0.6) is 0 Å². The molecule has 2 bridgehead atoms. The van der Waals surface area contributed by atoms with Crippen LogP contribution in [0.25, 0.3) is 6.08 Å². The van der Waals surface area contributed by atoms with Gasteiger partial charge in [-0.3, -0.25) is 0 Å². The summed E-state index contributed by atoms with van der Waals surface area (Å²) in [5, 5.41) is 0. The first-order chi connectivity index (χ1) is 7.19. The molecule has 1 heterocycles. The van der Waals surface area contributed by atoms with Gasteiger partial charge in [-0.25, -0.2) is 0 Å². The molecule has 1 nitrogen and oxygen atoms in total. The molecular weight excluding hydrogens is 182 g/mol. The summed E-state index contributed by atoms with van der Waals surface area (Å²) in [5.74, 6) is 0. The minimum absolute atomic E-state index is 0.202. The van der Waals surface area contributed by atoms with Gasteiger partial charge in [-0.05, 0) is 17.2 Å². The first-order valence-corrected chi connectivity index (χ1v) is 5.41. The van der Waals surface area contributed by atoms with Crippen LogP contribution in [0.4, 0.5) is 0 Å². The van der Waals surface area contributed by atoms with Crippen molar-refractivity contribution < 1.29 is 0 Å². The Hall–Kier alpha value is -1.50. The lowest BCUT2D eigenvalue weighted by molar-refractivity contribution is 0.430. The van der Waals surface area contributed by atoms with E-state index in [-0.39, 0.29) is 5.41 Å². The SMILES string of the molecule is CN1C=CC2(C)CC1=Cc1ccccc12. The third kappa shape index (κ3) is 1.16. The minimum atomic E-state index is 0.202. The predicted molar refractivity (Wildman–Crippen MR) is 63.3 cm³/mol. The zero-order valence-electron chi connectivity index (χ0n) is 9.20. The van der Waals surface area contributed by atoms with E-state index in [0.29, 0.717) is 0 Å². The average Bonchev–Trinajstić information content (AvgIpc) is 2.25. The van der Waals surface area contributed by atoms with E-state index in [1.54, 1.807) is 0 Å². The summed E-state index contributed by atoms with van der Waals surface area (Å²) < 4.78 is 0. The van der Waals surface area contributed by atoms with E-state index in [9.17, 15) is 0 Å². The molecule has 0 saturated heterocycles. The largest absolute Gasteiger partial charge is 0.355 e. The Morgan fingerprint density at radius 1 is 1.27 bits per heavy atom. The van der Waals surface area contributed by atoms with Crippen molar-refractivity contribution in [2.24, 2.45) is 0 Å². The van der Waals surface area contributed by atoms with Crippen molar-refractivity contribution in [2.45, 2.75) is 18.8 Å². The maximum Gasteiger partial charge on any atom is 0.0189 e. The molecule has 1 heteroatoms. The fourth-order valence-electron chi connectivity index (χ4n) is 2.59. The fourth-order valence-corrected chi connectivity index (χ4v) is 2.59. The van der Waals surface area contributed by atoms with Gasteiger partial charge >= 0.3 is 0 Å². The quantitative estimate of drug-likeness (QED) is 0.617. The summed E-state index contributed by atoms with van der Waals surface area (Å²) in [4.78, 5) is 2.22. The van der Waals surface area contributed by atoms with Gasteiger partial charge in [0.05, 0.1) is 0 Å². The van der Waals surface area contributed by atoms with E-state index in [0.717, 1.165) is 6.42 Å². The molecule has 1 unspecified atom stereocenters. The molecule has 1 aromatic carbocycles. The highest BCUT2D eigenvalue weighted by Crippen LogP contribution is 2.43. The van der Waals surface area contributed by atoms with Crippen LogP contribution in [0.1, 0.15) is 24.5 Å². The van der Waals surface area contributed by atoms with Crippen LogP contribution in [0.2, 0.25) is 0 Å². The van der Waals surface area contributed by atoms with Crippen LogP contribution < -0.4 is 0 Å². The number of rotatable bonds is 0. The smallest absolute Gasteiger partial charge is 0.0189 e. The van der Waals surface area contributed by atoms with Gasteiger partial charge in [-0.1, -0.05) is 37.3 Å². The van der Waals surface area contributed by atoms with Crippen molar-refractivity contribution in [3.05, 3.63) is 53.4 Å². The molecule has 0 radical (unpaired) electrons. The van der Waals surface area contributed by atoms with Gasteiger partial charge in [0.2, 0.25) is 0 Å². The molecule has 3 rings (SSSR count). The van der Waals surface area contributed by atoms with Gasteiger partial charge in [-0.2, -0.15) is 0 Å². The van der Waals surface area contributed by atoms with Crippen LogP contribution in [-0.2, 0) is 5.41 Å². The highest BCUT2D eigenvalue weighted by atomic mass is 15.1. The number of nitrogens with zero attached hydrogens (tertiary/aromatic N) is 1. The maximum absolute atomic E-state index is 2.32. The molecule has 76 valence electrons. The molecular formula is C14H15N. The lowest BCUT2D eigenvalue weighted by Crippen LogP contribution is -2.32. The highest BCUT2D eigenvalue weighted by Gasteiger charge is 2.33. The number of benzene rings is 1. The summed E-state index contributed by atoms with van der Waals surface area (Å²) in [6.07, 6.45) is 7.94. The van der Waals surface area contributed by atoms with Gasteiger partial charge in [0, 0.05) is 30.8 Å². The van der Waals surface area contributed by atoms with Crippen LogP contribution in [0.3, 0.4) is 0 Å². The standard InChI is InChI=1S/C14H15N/c1-14-7-8-15(2)12(10-14)9-11-5-3-4-6-13(11)14/h3-9H,10H2,1-2H3. The van der Waals surface area contributed by atoms with Gasteiger partial charge in [0.25, 0.3) is 0 Å². The summed E-state index contributed by atoms with van der Waals surface area (Å²) in [6.45, 7) is 2.32. The van der Waals surface area contributed by atoms with E-state index in [1.165, 1.54) is 16.8 Å². The Morgan fingerprint density at radius 3 is 2.93 bits per heavy atom. The van der Waals surface area contributed by atoms with Crippen molar-refractivity contribution in [3.8, 4) is 0 Å². The van der Waals surface area contributed by atoms with Gasteiger partial charge in [0.1, 0.15) is 0 Å². The average molecular weight is 197 g/mol. The molecule has 0 aromatic heterocycles. The first-order valence-electron chi connectivity index (χ1n) is 5.41. The van der Waals surface area contributed by atoms with Crippen molar-refractivity contribution in [2.75, 3.05) is 7.05 Å². The van der Waals surface area contributed by atoms with Crippen molar-refractivity contribution in [3.63, 3.8) is 0 Å². The van der Waals surface area contributed by atoms with E-state index in [2.05, 4.69) is 61.5 Å². The molecule has 0 saturated carbocycles. The Kier molecular flexibility index (Phi) is 1.61. The highest BCUT2D eigenvalue weighted by molar-refractivity contribution is 5.64. The molecule has 0 amide bonds. The molecule has 1 aliphatic heterocycles. The molecule has 1 aliphatic carbocycles. The summed E-state index contributed by atoms with van der Waals surface area (Å²) in [7, 11) is 2.12. The third-order valence-electron chi connectivity index (χ3n) is 3.57. The van der Waals surface area contributed by atoms with Gasteiger partial charge in [-0.15, -0.1) is 0 Å². The maximum atomic E-state index is 2.32. The normalized spacial score (nSPS) is 27.3. The molecule has 0 N–H and O–H groups in total. The van der Waals surface area contributed by atoms with E-state index in [4.69, 9.17) is 0 Å². The summed E-state index contributed by atoms with van der Waals surface area (Å²) in [5.41, 5.74) is 4.45. The summed E-state index contributed by atoms with van der Waals surface area (Å²) in [6, 6.07) is 8.71. The third-order valence-corrected chi connectivity index (χ3v) is 3.57. The lowest BCUT2D eigenvalue weighted by Gasteiger charge is -2.40. The summed E-state index contributed by atoms with van der Waals surface area (Å²) >= 11 is 0. The zero-order valence-corrected chi connectivity index (χ0v) is 9.20. The molecule has 1 aromatic rings. The minimum Gasteiger partial charge on any atom is -0.355 e. The van der Waals surface area contributed by atoms with Crippen LogP contribution in [0, 0.1) is 0 Å². The van der Waals surface area contributed by atoms with Crippen LogP contribution in [-0.4, -0.2) is 11.9 Å². The number of hydrogen-bond acceptors (Lipinski definition) is 1. The monoisotopic (exact) mass is 197 g/mol. The predicted octanol–water partition coefficient (Wildman–Crippen LogP) is 3.15. The number of allylic oxidation sites excluding steroid dienone is 2. The first kappa shape index (κ1) is 8.78. The molecule has 2 aliphatic rings. The number of fused-ring (bicyclic) bond motifs is 4. The van der Waals surface area contributed by atoms with Crippen molar-refractivity contribution in [1.29, 1.82) is 0 Å².